The quantitative estimate of drug-likeness (QED) is 0.229. The number of hydrogen-bond donors (Lipinski definition) is 1. The van der Waals surface area contributed by atoms with Crippen LogP contribution in [-0.2, 0) is 0 Å². The van der Waals surface area contributed by atoms with Crippen LogP contribution in [0.15, 0.2) is 101 Å². The molecule has 0 fully saturated rings. The molecule has 2 aromatic carbocycles. The van der Waals surface area contributed by atoms with Crippen molar-refractivity contribution in [1.29, 1.82) is 0 Å². The first-order valence-electron chi connectivity index (χ1n) is 9.11. The maximum atomic E-state index is 12.2. The van der Waals surface area contributed by atoms with Crippen LogP contribution >= 0.6 is 0 Å². The SMILES string of the molecule is O=C(N/N=C\c1ccc(OC(=O)c2ccco2)cc1)c1ccc(-n2cccc2)cc1. The largest absolute Gasteiger partial charge is 0.457 e. The van der Waals surface area contributed by atoms with Gasteiger partial charge in [-0.25, -0.2) is 10.2 Å². The second-order valence-electron chi connectivity index (χ2n) is 6.27. The molecule has 0 spiro atoms. The first-order valence-corrected chi connectivity index (χ1v) is 9.11. The van der Waals surface area contributed by atoms with E-state index in [1.807, 2.05) is 41.2 Å². The van der Waals surface area contributed by atoms with E-state index in [4.69, 9.17) is 9.15 Å². The van der Waals surface area contributed by atoms with Crippen molar-refractivity contribution in [2.45, 2.75) is 0 Å². The van der Waals surface area contributed by atoms with Crippen molar-refractivity contribution in [2.24, 2.45) is 5.10 Å². The molecule has 1 N–H and O–H groups in total. The van der Waals surface area contributed by atoms with E-state index < -0.39 is 5.97 Å². The maximum absolute atomic E-state index is 12.2. The van der Waals surface area contributed by atoms with Gasteiger partial charge in [-0.2, -0.15) is 5.10 Å². The van der Waals surface area contributed by atoms with E-state index in [0.29, 0.717) is 11.3 Å². The maximum Gasteiger partial charge on any atom is 0.379 e. The van der Waals surface area contributed by atoms with Crippen molar-refractivity contribution >= 4 is 18.1 Å². The summed E-state index contributed by atoms with van der Waals surface area (Å²) in [7, 11) is 0. The highest BCUT2D eigenvalue weighted by molar-refractivity contribution is 5.95. The molecule has 0 saturated heterocycles. The van der Waals surface area contributed by atoms with E-state index in [9.17, 15) is 9.59 Å². The molecule has 0 aliphatic heterocycles. The Balaban J connectivity index is 1.31. The molecule has 0 bridgehead atoms. The van der Waals surface area contributed by atoms with E-state index in [1.165, 1.54) is 18.5 Å². The second-order valence-corrected chi connectivity index (χ2v) is 6.27. The van der Waals surface area contributed by atoms with Crippen LogP contribution in [-0.4, -0.2) is 22.7 Å². The van der Waals surface area contributed by atoms with Gasteiger partial charge in [0.05, 0.1) is 12.5 Å². The zero-order chi connectivity index (χ0) is 20.8. The number of aromatic nitrogens is 1. The summed E-state index contributed by atoms with van der Waals surface area (Å²) in [4.78, 5) is 24.1. The third-order valence-electron chi connectivity index (χ3n) is 4.22. The first kappa shape index (κ1) is 18.9. The predicted molar refractivity (Wildman–Crippen MR) is 111 cm³/mol. The van der Waals surface area contributed by atoms with Gasteiger partial charge in [0, 0.05) is 23.6 Å². The topological polar surface area (TPSA) is 85.8 Å². The lowest BCUT2D eigenvalue weighted by Crippen LogP contribution is -2.17. The number of hydrazone groups is 1. The molecule has 0 aliphatic rings. The highest BCUT2D eigenvalue weighted by atomic mass is 16.5. The van der Waals surface area contributed by atoms with E-state index in [0.717, 1.165) is 11.3 Å². The van der Waals surface area contributed by atoms with Crippen LogP contribution in [0.3, 0.4) is 0 Å². The Hall–Kier alpha value is -4.39. The molecule has 0 radical (unpaired) electrons. The molecule has 2 aromatic heterocycles. The number of nitrogens with one attached hydrogen (secondary N) is 1. The Kier molecular flexibility index (Phi) is 5.52. The summed E-state index contributed by atoms with van der Waals surface area (Å²) in [6.07, 6.45) is 6.77. The minimum Gasteiger partial charge on any atom is -0.457 e. The molecule has 4 aromatic rings. The van der Waals surface area contributed by atoms with E-state index >= 15 is 0 Å². The van der Waals surface area contributed by atoms with Crippen LogP contribution in [0, 0.1) is 0 Å². The summed E-state index contributed by atoms with van der Waals surface area (Å²) in [5, 5.41) is 3.97. The van der Waals surface area contributed by atoms with Crippen molar-refractivity contribution in [3.63, 3.8) is 0 Å². The number of hydrogen-bond acceptors (Lipinski definition) is 5. The molecule has 0 aliphatic carbocycles. The van der Waals surface area contributed by atoms with Crippen LogP contribution in [0.5, 0.6) is 5.75 Å². The normalized spacial score (nSPS) is 10.8. The molecule has 4 rings (SSSR count). The summed E-state index contributed by atoms with van der Waals surface area (Å²) < 4.78 is 12.1. The second kappa shape index (κ2) is 8.74. The molecule has 0 saturated carbocycles. The van der Waals surface area contributed by atoms with Gasteiger partial charge in [0.15, 0.2) is 0 Å². The third kappa shape index (κ3) is 4.53. The molecule has 7 heteroatoms. The van der Waals surface area contributed by atoms with Crippen molar-refractivity contribution < 1.29 is 18.7 Å². The highest BCUT2D eigenvalue weighted by Gasteiger charge is 2.11. The minimum absolute atomic E-state index is 0.129. The lowest BCUT2D eigenvalue weighted by Gasteiger charge is -2.04. The van der Waals surface area contributed by atoms with Crippen LogP contribution in [0.4, 0.5) is 0 Å². The molecule has 7 nitrogen and oxygen atoms in total. The van der Waals surface area contributed by atoms with Crippen molar-refractivity contribution in [2.75, 3.05) is 0 Å². The minimum atomic E-state index is -0.573. The molecule has 148 valence electrons. The summed E-state index contributed by atoms with van der Waals surface area (Å²) in [6, 6.07) is 20.9. The standard InChI is InChI=1S/C23H17N3O4/c27-22(18-7-9-19(10-8-18)26-13-1-2-14-26)25-24-16-17-5-11-20(12-6-17)30-23(28)21-4-3-15-29-21/h1-16H,(H,25,27)/b24-16-. The average Bonchev–Trinajstić information content (AvgIpc) is 3.49. The molecule has 0 atom stereocenters. The van der Waals surface area contributed by atoms with Gasteiger partial charge in [0.25, 0.3) is 5.91 Å². The van der Waals surface area contributed by atoms with Crippen molar-refractivity contribution in [1.82, 2.24) is 9.99 Å². The van der Waals surface area contributed by atoms with Gasteiger partial charge in [-0.05, 0) is 78.4 Å². The number of nitrogens with zero attached hydrogens (tertiary/aromatic N) is 2. The van der Waals surface area contributed by atoms with Crippen LogP contribution in [0.25, 0.3) is 5.69 Å². The Labute approximate surface area is 172 Å². The molecule has 0 unspecified atom stereocenters. The molecule has 2 heterocycles. The van der Waals surface area contributed by atoms with E-state index in [-0.39, 0.29) is 11.7 Å². The molecular formula is C23H17N3O4. The fourth-order valence-electron chi connectivity index (χ4n) is 2.70. The van der Waals surface area contributed by atoms with Crippen molar-refractivity contribution in [3.8, 4) is 11.4 Å². The number of carbonyl (C=O) groups excluding carboxylic acids is 2. The van der Waals surface area contributed by atoms with Crippen molar-refractivity contribution in [3.05, 3.63) is 108 Å². The number of amides is 1. The monoisotopic (exact) mass is 399 g/mol. The van der Waals surface area contributed by atoms with Gasteiger partial charge in [-0.3, -0.25) is 4.79 Å². The van der Waals surface area contributed by atoms with Gasteiger partial charge >= 0.3 is 5.97 Å². The smallest absolute Gasteiger partial charge is 0.379 e. The fourth-order valence-corrected chi connectivity index (χ4v) is 2.70. The summed E-state index contributed by atoms with van der Waals surface area (Å²) in [6.45, 7) is 0. The summed E-state index contributed by atoms with van der Waals surface area (Å²) in [5.74, 6) is -0.379. The molecule has 30 heavy (non-hydrogen) atoms. The number of benzene rings is 2. The number of ether oxygens (including phenoxy) is 1. The van der Waals surface area contributed by atoms with Crippen LogP contribution in [0.1, 0.15) is 26.5 Å². The third-order valence-corrected chi connectivity index (χ3v) is 4.22. The number of rotatable bonds is 6. The van der Waals surface area contributed by atoms with Gasteiger partial charge in [-0.1, -0.05) is 0 Å². The Morgan fingerprint density at radius 2 is 1.67 bits per heavy atom. The number of carbonyl (C=O) groups is 2. The van der Waals surface area contributed by atoms with Gasteiger partial charge in [0.1, 0.15) is 5.75 Å². The zero-order valence-electron chi connectivity index (χ0n) is 15.8. The summed E-state index contributed by atoms with van der Waals surface area (Å²) in [5.41, 5.74) is 4.69. The Morgan fingerprint density at radius 3 is 2.33 bits per heavy atom. The van der Waals surface area contributed by atoms with Crippen LogP contribution < -0.4 is 10.2 Å². The lowest BCUT2D eigenvalue weighted by molar-refractivity contribution is 0.0701. The van der Waals surface area contributed by atoms with Gasteiger partial charge in [-0.15, -0.1) is 0 Å². The predicted octanol–water partition coefficient (Wildman–Crippen LogP) is 4.05. The first-order chi connectivity index (χ1) is 14.7. The Morgan fingerprint density at radius 1 is 0.933 bits per heavy atom. The highest BCUT2D eigenvalue weighted by Crippen LogP contribution is 2.14. The van der Waals surface area contributed by atoms with E-state index in [2.05, 4.69) is 10.5 Å². The summed E-state index contributed by atoms with van der Waals surface area (Å²) >= 11 is 0. The fraction of sp³-hybridized carbons (Fsp3) is 0. The van der Waals surface area contributed by atoms with Gasteiger partial charge in [0.2, 0.25) is 5.76 Å². The van der Waals surface area contributed by atoms with E-state index in [1.54, 1.807) is 42.5 Å². The average molecular weight is 399 g/mol. The number of furan rings is 1. The number of esters is 1. The Bertz CT molecular complexity index is 1140. The van der Waals surface area contributed by atoms with Gasteiger partial charge < -0.3 is 13.7 Å². The van der Waals surface area contributed by atoms with Crippen LogP contribution in [0.2, 0.25) is 0 Å². The molecular weight excluding hydrogens is 382 g/mol. The lowest BCUT2D eigenvalue weighted by atomic mass is 10.2. The zero-order valence-corrected chi connectivity index (χ0v) is 15.8. The molecule has 1 amide bonds.